The standard InChI is InChI=1S/C26H22F3N7O2/c1-15(37)33-24-12-20(7-8-30-24)38-19-5-6-22-23(11-19)36(2)25(35-22)34-18-4-3-17(9-16-13-31-32-14-16)21(10-18)26(27,28)29/h3-8,10-14H,9H2,1-2H3,(H,31,32)(H,34,35)(H,30,33,37). The number of imidazole rings is 1. The van der Waals surface area contributed by atoms with Crippen molar-refractivity contribution in [2.75, 3.05) is 10.6 Å². The van der Waals surface area contributed by atoms with Gasteiger partial charge in [0, 0.05) is 50.6 Å². The van der Waals surface area contributed by atoms with Crippen LogP contribution in [0.5, 0.6) is 11.5 Å². The van der Waals surface area contributed by atoms with E-state index < -0.39 is 11.7 Å². The van der Waals surface area contributed by atoms with Crippen LogP contribution < -0.4 is 15.4 Å². The number of H-pyrrole nitrogens is 1. The number of anilines is 3. The van der Waals surface area contributed by atoms with Gasteiger partial charge in [-0.3, -0.25) is 9.89 Å². The molecule has 1 amide bonds. The Morgan fingerprint density at radius 3 is 2.66 bits per heavy atom. The van der Waals surface area contributed by atoms with Crippen molar-refractivity contribution in [2.24, 2.45) is 7.05 Å². The van der Waals surface area contributed by atoms with Crippen molar-refractivity contribution < 1.29 is 22.7 Å². The molecule has 9 nitrogen and oxygen atoms in total. The SMILES string of the molecule is CC(=O)Nc1cc(Oc2ccc3nc(Nc4ccc(Cc5cn[nH]c5)c(C(F)(F)F)c4)n(C)c3c2)ccn1. The van der Waals surface area contributed by atoms with Gasteiger partial charge in [0.25, 0.3) is 0 Å². The number of amides is 1. The summed E-state index contributed by atoms with van der Waals surface area (Å²) in [6.45, 7) is 1.39. The van der Waals surface area contributed by atoms with Crippen LogP contribution >= 0.6 is 0 Å². The van der Waals surface area contributed by atoms with Crippen LogP contribution in [0.4, 0.5) is 30.6 Å². The van der Waals surface area contributed by atoms with Crippen molar-refractivity contribution >= 4 is 34.4 Å². The third-order valence-electron chi connectivity index (χ3n) is 5.74. The molecule has 0 aliphatic heterocycles. The molecule has 12 heteroatoms. The number of carbonyl (C=O) groups excluding carboxylic acids is 1. The zero-order valence-corrected chi connectivity index (χ0v) is 20.3. The van der Waals surface area contributed by atoms with Gasteiger partial charge in [0.1, 0.15) is 17.3 Å². The summed E-state index contributed by atoms with van der Waals surface area (Å²) in [6, 6.07) is 12.6. The first kappa shape index (κ1) is 24.8. The number of hydrogen-bond donors (Lipinski definition) is 3. The number of alkyl halides is 3. The molecule has 0 bridgehead atoms. The number of halogens is 3. The summed E-state index contributed by atoms with van der Waals surface area (Å²) in [5, 5.41) is 12.0. The van der Waals surface area contributed by atoms with E-state index in [-0.39, 0.29) is 23.6 Å². The maximum atomic E-state index is 13.8. The van der Waals surface area contributed by atoms with Crippen molar-refractivity contribution in [1.29, 1.82) is 0 Å². The van der Waals surface area contributed by atoms with Crippen LogP contribution in [-0.2, 0) is 24.4 Å². The van der Waals surface area contributed by atoms with Crippen molar-refractivity contribution in [3.05, 3.63) is 83.8 Å². The Morgan fingerprint density at radius 2 is 1.92 bits per heavy atom. The summed E-state index contributed by atoms with van der Waals surface area (Å²) in [6.07, 6.45) is 0.161. The maximum absolute atomic E-state index is 13.8. The fraction of sp³-hybridized carbons (Fsp3) is 0.154. The molecule has 194 valence electrons. The van der Waals surface area contributed by atoms with Gasteiger partial charge in [-0.1, -0.05) is 6.07 Å². The summed E-state index contributed by atoms with van der Waals surface area (Å²) in [5.41, 5.74) is 1.66. The number of aromatic amines is 1. The summed E-state index contributed by atoms with van der Waals surface area (Å²) in [7, 11) is 1.75. The molecule has 2 aromatic carbocycles. The van der Waals surface area contributed by atoms with Crippen LogP contribution in [0.2, 0.25) is 0 Å². The molecule has 0 spiro atoms. The largest absolute Gasteiger partial charge is 0.457 e. The minimum Gasteiger partial charge on any atom is -0.457 e. The molecule has 0 radical (unpaired) electrons. The Labute approximate surface area is 214 Å². The first-order valence-corrected chi connectivity index (χ1v) is 11.5. The molecule has 0 aliphatic carbocycles. The lowest BCUT2D eigenvalue weighted by Crippen LogP contribution is -2.10. The number of aromatic nitrogens is 5. The van der Waals surface area contributed by atoms with E-state index in [0.29, 0.717) is 39.9 Å². The fourth-order valence-electron chi connectivity index (χ4n) is 4.00. The lowest BCUT2D eigenvalue weighted by Gasteiger charge is -2.15. The van der Waals surface area contributed by atoms with E-state index in [2.05, 4.69) is 30.8 Å². The van der Waals surface area contributed by atoms with Crippen LogP contribution in [0.15, 0.2) is 67.1 Å². The number of fused-ring (bicyclic) bond motifs is 1. The Bertz CT molecular complexity index is 1610. The van der Waals surface area contributed by atoms with E-state index in [1.54, 1.807) is 54.2 Å². The van der Waals surface area contributed by atoms with E-state index in [4.69, 9.17) is 4.74 Å². The topological polar surface area (TPSA) is 110 Å². The average Bonchev–Trinajstić information content (AvgIpc) is 3.47. The van der Waals surface area contributed by atoms with Crippen molar-refractivity contribution in [1.82, 2.24) is 24.7 Å². The second-order valence-electron chi connectivity index (χ2n) is 8.58. The highest BCUT2D eigenvalue weighted by molar-refractivity contribution is 5.87. The lowest BCUT2D eigenvalue weighted by molar-refractivity contribution is -0.138. The van der Waals surface area contributed by atoms with Gasteiger partial charge in [0.15, 0.2) is 0 Å². The summed E-state index contributed by atoms with van der Waals surface area (Å²) < 4.78 is 49.2. The fourth-order valence-corrected chi connectivity index (χ4v) is 4.00. The molecule has 3 aromatic heterocycles. The molecule has 3 N–H and O–H groups in total. The van der Waals surface area contributed by atoms with E-state index >= 15 is 0 Å². The van der Waals surface area contributed by atoms with Crippen LogP contribution in [0.3, 0.4) is 0 Å². The number of pyridine rings is 1. The third kappa shape index (κ3) is 5.43. The molecule has 3 heterocycles. The van der Waals surface area contributed by atoms with Crippen LogP contribution in [0.25, 0.3) is 11.0 Å². The van der Waals surface area contributed by atoms with Crippen molar-refractivity contribution in [3.8, 4) is 11.5 Å². The Kier molecular flexibility index (Phi) is 6.45. The van der Waals surface area contributed by atoms with Crippen molar-refractivity contribution in [3.63, 3.8) is 0 Å². The smallest absolute Gasteiger partial charge is 0.416 e. The molecule has 5 rings (SSSR count). The van der Waals surface area contributed by atoms with Gasteiger partial charge in [-0.2, -0.15) is 18.3 Å². The zero-order valence-electron chi connectivity index (χ0n) is 20.3. The molecule has 38 heavy (non-hydrogen) atoms. The van der Waals surface area contributed by atoms with E-state index in [9.17, 15) is 18.0 Å². The second-order valence-corrected chi connectivity index (χ2v) is 8.58. The summed E-state index contributed by atoms with van der Waals surface area (Å²) >= 11 is 0. The number of aryl methyl sites for hydroxylation is 1. The number of hydrogen-bond acceptors (Lipinski definition) is 6. The van der Waals surface area contributed by atoms with Gasteiger partial charge in [-0.25, -0.2) is 9.97 Å². The number of ether oxygens (including phenoxy) is 1. The Hall–Kier alpha value is -4.87. The molecule has 0 unspecified atom stereocenters. The average molecular weight is 522 g/mol. The predicted octanol–water partition coefficient (Wildman–Crippen LogP) is 5.80. The molecule has 0 saturated carbocycles. The normalized spacial score (nSPS) is 11.5. The van der Waals surface area contributed by atoms with Crippen LogP contribution in [0, 0.1) is 0 Å². The quantitative estimate of drug-likeness (QED) is 0.250. The van der Waals surface area contributed by atoms with Gasteiger partial charge in [0.05, 0.1) is 22.8 Å². The highest BCUT2D eigenvalue weighted by atomic mass is 19.4. The minimum absolute atomic E-state index is 0.102. The Morgan fingerprint density at radius 1 is 1.11 bits per heavy atom. The van der Waals surface area contributed by atoms with E-state index in [1.807, 2.05) is 0 Å². The monoisotopic (exact) mass is 521 g/mol. The van der Waals surface area contributed by atoms with Gasteiger partial charge >= 0.3 is 6.18 Å². The van der Waals surface area contributed by atoms with Crippen LogP contribution in [-0.4, -0.2) is 30.6 Å². The maximum Gasteiger partial charge on any atom is 0.416 e. The zero-order chi connectivity index (χ0) is 26.9. The number of nitrogens with zero attached hydrogens (tertiary/aromatic N) is 4. The number of nitrogens with one attached hydrogen (secondary N) is 3. The van der Waals surface area contributed by atoms with E-state index in [1.165, 1.54) is 25.4 Å². The van der Waals surface area contributed by atoms with Gasteiger partial charge < -0.3 is 19.9 Å². The van der Waals surface area contributed by atoms with Gasteiger partial charge in [-0.05, 0) is 41.5 Å². The van der Waals surface area contributed by atoms with Crippen LogP contribution in [0.1, 0.15) is 23.6 Å². The molecule has 0 saturated heterocycles. The summed E-state index contributed by atoms with van der Waals surface area (Å²) in [4.78, 5) is 19.9. The lowest BCUT2D eigenvalue weighted by atomic mass is 10.0. The van der Waals surface area contributed by atoms with Gasteiger partial charge in [-0.15, -0.1) is 0 Å². The Balaban J connectivity index is 1.40. The number of rotatable bonds is 7. The number of carbonyl (C=O) groups is 1. The molecule has 0 atom stereocenters. The molecular formula is C26H22F3N7O2. The predicted molar refractivity (Wildman–Crippen MR) is 135 cm³/mol. The van der Waals surface area contributed by atoms with Crippen molar-refractivity contribution in [2.45, 2.75) is 19.5 Å². The molecule has 5 aromatic rings. The number of benzene rings is 2. The first-order chi connectivity index (χ1) is 18.2. The summed E-state index contributed by atoms with van der Waals surface area (Å²) in [5.74, 6) is 1.46. The minimum atomic E-state index is -4.53. The molecular weight excluding hydrogens is 499 g/mol. The van der Waals surface area contributed by atoms with E-state index in [0.717, 1.165) is 6.07 Å². The molecule has 0 aliphatic rings. The molecule has 0 fully saturated rings. The highest BCUT2D eigenvalue weighted by Crippen LogP contribution is 2.36. The highest BCUT2D eigenvalue weighted by Gasteiger charge is 2.33. The third-order valence-corrected chi connectivity index (χ3v) is 5.74. The van der Waals surface area contributed by atoms with Gasteiger partial charge in [0.2, 0.25) is 11.9 Å². The first-order valence-electron chi connectivity index (χ1n) is 11.5. The second kappa shape index (κ2) is 9.88.